The van der Waals surface area contributed by atoms with Crippen LogP contribution in [-0.2, 0) is 11.2 Å². The Hall–Kier alpha value is -0.900. The molecule has 0 radical (unpaired) electrons. The molecule has 2 aliphatic rings. The zero-order valence-corrected chi connectivity index (χ0v) is 10.4. The molecule has 1 aromatic carbocycles. The van der Waals surface area contributed by atoms with Crippen molar-refractivity contribution in [3.8, 4) is 0 Å². The topological polar surface area (TPSA) is 24.5 Å². The Morgan fingerprint density at radius 3 is 2.94 bits per heavy atom. The van der Waals surface area contributed by atoms with Crippen molar-refractivity contribution in [3.63, 3.8) is 0 Å². The highest BCUT2D eigenvalue weighted by atomic mass is 16.5. The van der Waals surface area contributed by atoms with E-state index in [-0.39, 0.29) is 6.10 Å². The van der Waals surface area contributed by atoms with Crippen molar-refractivity contribution in [2.24, 2.45) is 0 Å². The molecular formula is C14H20N2O. The monoisotopic (exact) mass is 232 g/mol. The molecule has 0 saturated carbocycles. The first-order valence-corrected chi connectivity index (χ1v) is 6.45. The number of rotatable bonds is 3. The molecule has 1 N–H and O–H groups in total. The minimum absolute atomic E-state index is 0.255. The first-order valence-electron chi connectivity index (χ1n) is 6.45. The predicted molar refractivity (Wildman–Crippen MR) is 68.1 cm³/mol. The Kier molecular flexibility index (Phi) is 3.14. The quantitative estimate of drug-likeness (QED) is 0.847. The van der Waals surface area contributed by atoms with Crippen molar-refractivity contribution in [1.29, 1.82) is 0 Å². The molecule has 1 unspecified atom stereocenters. The lowest BCUT2D eigenvalue weighted by molar-refractivity contribution is 0.00751. The van der Waals surface area contributed by atoms with E-state index in [1.807, 2.05) is 0 Å². The Labute approximate surface area is 103 Å². The molecule has 1 fully saturated rings. The van der Waals surface area contributed by atoms with Crippen LogP contribution in [0.25, 0.3) is 0 Å². The largest absolute Gasteiger partial charge is 0.372 e. The first kappa shape index (κ1) is 11.2. The van der Waals surface area contributed by atoms with Crippen LogP contribution in [0.2, 0.25) is 0 Å². The fraction of sp³-hybridized carbons (Fsp3) is 0.571. The van der Waals surface area contributed by atoms with E-state index in [2.05, 4.69) is 41.5 Å². The Morgan fingerprint density at radius 2 is 2.18 bits per heavy atom. The summed E-state index contributed by atoms with van der Waals surface area (Å²) in [5.41, 5.74) is 2.85. The van der Waals surface area contributed by atoms with E-state index in [4.69, 9.17) is 4.74 Å². The number of hydrogen-bond acceptors (Lipinski definition) is 3. The van der Waals surface area contributed by atoms with E-state index >= 15 is 0 Å². The van der Waals surface area contributed by atoms with Gasteiger partial charge in [-0.3, -0.25) is 4.90 Å². The van der Waals surface area contributed by atoms with Crippen LogP contribution in [0, 0.1) is 0 Å². The van der Waals surface area contributed by atoms with Crippen molar-refractivity contribution in [3.05, 3.63) is 35.4 Å². The molecule has 0 amide bonds. The number of hydrogen-bond donors (Lipinski definition) is 1. The summed E-state index contributed by atoms with van der Waals surface area (Å²) in [6, 6.07) is 9.38. The van der Waals surface area contributed by atoms with Crippen LogP contribution in [0.15, 0.2) is 24.3 Å². The van der Waals surface area contributed by atoms with Gasteiger partial charge in [-0.25, -0.2) is 0 Å². The summed E-state index contributed by atoms with van der Waals surface area (Å²) >= 11 is 0. The highest BCUT2D eigenvalue weighted by Crippen LogP contribution is 2.27. The van der Waals surface area contributed by atoms with Gasteiger partial charge in [0.15, 0.2) is 0 Å². The molecule has 17 heavy (non-hydrogen) atoms. The summed E-state index contributed by atoms with van der Waals surface area (Å²) in [7, 11) is 2.20. The van der Waals surface area contributed by atoms with Crippen molar-refractivity contribution in [2.75, 3.05) is 33.3 Å². The number of nitrogens with zero attached hydrogens (tertiary/aromatic N) is 1. The molecule has 1 atom stereocenters. The lowest BCUT2D eigenvalue weighted by atomic mass is 9.97. The molecule has 3 nitrogen and oxygen atoms in total. The van der Waals surface area contributed by atoms with Gasteiger partial charge < -0.3 is 10.1 Å². The van der Waals surface area contributed by atoms with E-state index in [1.54, 1.807) is 0 Å². The number of likely N-dealkylation sites (N-methyl/N-ethyl adjacent to an activating group) is 1. The third kappa shape index (κ3) is 2.23. The van der Waals surface area contributed by atoms with E-state index < -0.39 is 0 Å². The summed E-state index contributed by atoms with van der Waals surface area (Å²) in [6.07, 6.45) is 1.31. The minimum atomic E-state index is 0.255. The Bertz CT molecular complexity index is 390. The second kappa shape index (κ2) is 4.77. The second-order valence-corrected chi connectivity index (χ2v) is 5.06. The van der Waals surface area contributed by atoms with E-state index in [0.717, 1.165) is 32.7 Å². The van der Waals surface area contributed by atoms with Gasteiger partial charge in [0.1, 0.15) is 0 Å². The maximum atomic E-state index is 5.93. The van der Waals surface area contributed by atoms with Gasteiger partial charge in [-0.15, -0.1) is 0 Å². The van der Waals surface area contributed by atoms with Crippen LogP contribution < -0.4 is 5.32 Å². The molecule has 1 aromatic rings. The summed E-state index contributed by atoms with van der Waals surface area (Å²) in [4.78, 5) is 2.42. The highest BCUT2D eigenvalue weighted by Gasteiger charge is 2.27. The lowest BCUT2D eigenvalue weighted by Crippen LogP contribution is -2.56. The standard InChI is InChI=1S/C14H20N2O/c1-16(12-8-15-9-12)10-14-13-5-3-2-4-11(13)6-7-17-14/h2-5,12,14-15H,6-10H2,1H3. The van der Waals surface area contributed by atoms with Crippen molar-refractivity contribution < 1.29 is 4.74 Å². The van der Waals surface area contributed by atoms with Gasteiger partial charge >= 0.3 is 0 Å². The van der Waals surface area contributed by atoms with Crippen LogP contribution >= 0.6 is 0 Å². The number of ether oxygens (including phenoxy) is 1. The molecule has 0 spiro atoms. The van der Waals surface area contributed by atoms with Gasteiger partial charge in [-0.05, 0) is 24.6 Å². The van der Waals surface area contributed by atoms with Gasteiger partial charge in [0.05, 0.1) is 12.7 Å². The van der Waals surface area contributed by atoms with Crippen LogP contribution in [0.4, 0.5) is 0 Å². The number of benzene rings is 1. The van der Waals surface area contributed by atoms with Gasteiger partial charge in [0.2, 0.25) is 0 Å². The third-order valence-electron chi connectivity index (χ3n) is 3.93. The van der Waals surface area contributed by atoms with Gasteiger partial charge in [-0.2, -0.15) is 0 Å². The molecule has 0 aromatic heterocycles. The average molecular weight is 232 g/mol. The predicted octanol–water partition coefficient (Wildman–Crippen LogP) is 1.20. The maximum absolute atomic E-state index is 5.93. The third-order valence-corrected chi connectivity index (χ3v) is 3.93. The molecule has 1 saturated heterocycles. The zero-order valence-electron chi connectivity index (χ0n) is 10.4. The molecule has 92 valence electrons. The SMILES string of the molecule is CN(CC1OCCc2ccccc21)C1CNC1. The van der Waals surface area contributed by atoms with Crippen LogP contribution in [0.5, 0.6) is 0 Å². The first-order chi connectivity index (χ1) is 8.34. The minimum Gasteiger partial charge on any atom is -0.372 e. The van der Waals surface area contributed by atoms with E-state index in [9.17, 15) is 0 Å². The van der Waals surface area contributed by atoms with E-state index in [1.165, 1.54) is 11.1 Å². The summed E-state index contributed by atoms with van der Waals surface area (Å²) in [5, 5.41) is 3.32. The fourth-order valence-electron chi connectivity index (χ4n) is 2.62. The molecule has 0 aliphatic carbocycles. The molecule has 3 rings (SSSR count). The average Bonchev–Trinajstić information content (AvgIpc) is 2.27. The molecule has 3 heteroatoms. The number of nitrogens with one attached hydrogen (secondary N) is 1. The Balaban J connectivity index is 1.71. The van der Waals surface area contributed by atoms with Gasteiger partial charge in [0, 0.05) is 25.7 Å². The molecule has 2 heterocycles. The molecule has 0 bridgehead atoms. The van der Waals surface area contributed by atoms with Crippen molar-refractivity contribution in [2.45, 2.75) is 18.6 Å². The maximum Gasteiger partial charge on any atom is 0.0954 e. The second-order valence-electron chi connectivity index (χ2n) is 5.06. The summed E-state index contributed by atoms with van der Waals surface area (Å²) in [6.45, 7) is 4.09. The van der Waals surface area contributed by atoms with Gasteiger partial charge in [-0.1, -0.05) is 24.3 Å². The van der Waals surface area contributed by atoms with Crippen LogP contribution in [-0.4, -0.2) is 44.2 Å². The van der Waals surface area contributed by atoms with Crippen molar-refractivity contribution in [1.82, 2.24) is 10.2 Å². The highest BCUT2D eigenvalue weighted by molar-refractivity contribution is 5.31. The summed E-state index contributed by atoms with van der Waals surface area (Å²) < 4.78 is 5.93. The smallest absolute Gasteiger partial charge is 0.0954 e. The fourth-order valence-corrected chi connectivity index (χ4v) is 2.62. The normalized spacial score (nSPS) is 24.5. The van der Waals surface area contributed by atoms with Crippen molar-refractivity contribution >= 4 is 0 Å². The van der Waals surface area contributed by atoms with Gasteiger partial charge in [0.25, 0.3) is 0 Å². The molecular weight excluding hydrogens is 212 g/mol. The van der Waals surface area contributed by atoms with E-state index in [0.29, 0.717) is 6.04 Å². The molecule has 2 aliphatic heterocycles. The van der Waals surface area contributed by atoms with Crippen LogP contribution in [0.3, 0.4) is 0 Å². The Morgan fingerprint density at radius 1 is 1.35 bits per heavy atom. The number of fused-ring (bicyclic) bond motifs is 1. The van der Waals surface area contributed by atoms with Crippen LogP contribution in [0.1, 0.15) is 17.2 Å². The summed E-state index contributed by atoms with van der Waals surface area (Å²) in [5.74, 6) is 0. The lowest BCUT2D eigenvalue weighted by Gasteiger charge is -2.38. The zero-order chi connectivity index (χ0) is 11.7.